The van der Waals surface area contributed by atoms with E-state index in [-0.39, 0.29) is 11.9 Å². The molecular formula is C22H20FN5O2. The number of aromatic nitrogens is 4. The summed E-state index contributed by atoms with van der Waals surface area (Å²) in [6.07, 6.45) is 2.37. The maximum atomic E-state index is 13.3. The van der Waals surface area contributed by atoms with Gasteiger partial charge in [-0.2, -0.15) is 4.98 Å². The van der Waals surface area contributed by atoms with Crippen LogP contribution in [0.1, 0.15) is 28.9 Å². The van der Waals surface area contributed by atoms with E-state index in [1.807, 2.05) is 24.3 Å². The minimum Gasteiger partial charge on any atom is -0.497 e. The molecule has 8 heteroatoms. The quantitative estimate of drug-likeness (QED) is 0.542. The van der Waals surface area contributed by atoms with Crippen molar-refractivity contribution < 1.29 is 13.7 Å². The van der Waals surface area contributed by atoms with Crippen LogP contribution in [0.5, 0.6) is 5.75 Å². The molecule has 4 aromatic rings. The number of nitrogens with zero attached hydrogens (tertiary/aromatic N) is 4. The molecule has 0 radical (unpaired) electrons. The van der Waals surface area contributed by atoms with Crippen LogP contribution in [0, 0.1) is 5.82 Å². The molecule has 7 nitrogen and oxygen atoms in total. The Balaban J connectivity index is 1.44. The molecule has 1 aliphatic heterocycles. The minimum atomic E-state index is -0.245. The highest BCUT2D eigenvalue weighted by Gasteiger charge is 2.33. The lowest BCUT2D eigenvalue weighted by Gasteiger charge is -2.32. The highest BCUT2D eigenvalue weighted by atomic mass is 19.1. The molecule has 30 heavy (non-hydrogen) atoms. The van der Waals surface area contributed by atoms with Crippen molar-refractivity contribution in [3.8, 4) is 17.1 Å². The standard InChI is InChI=1S/C22H20FN5O2/c1-29-17-8-4-15(5-9-17)21-26-22(30-27-21)20-10-18-19(25-13-24-18)12-28(20)11-14-2-6-16(23)7-3-14/h2-9,13,20H,10-12H2,1H3,(H,24,25). The van der Waals surface area contributed by atoms with Crippen LogP contribution in [0.3, 0.4) is 0 Å². The first-order valence-electron chi connectivity index (χ1n) is 9.67. The lowest BCUT2D eigenvalue weighted by molar-refractivity contribution is 0.128. The molecule has 2 aromatic carbocycles. The van der Waals surface area contributed by atoms with E-state index in [1.165, 1.54) is 12.1 Å². The van der Waals surface area contributed by atoms with E-state index in [9.17, 15) is 4.39 Å². The molecule has 0 bridgehead atoms. The smallest absolute Gasteiger partial charge is 0.244 e. The zero-order valence-corrected chi connectivity index (χ0v) is 16.4. The van der Waals surface area contributed by atoms with Gasteiger partial charge in [0.25, 0.3) is 0 Å². The summed E-state index contributed by atoms with van der Waals surface area (Å²) >= 11 is 0. The van der Waals surface area contributed by atoms with Crippen LogP contribution < -0.4 is 4.74 Å². The van der Waals surface area contributed by atoms with Gasteiger partial charge in [-0.05, 0) is 42.0 Å². The second-order valence-electron chi connectivity index (χ2n) is 7.26. The van der Waals surface area contributed by atoms with Gasteiger partial charge in [0.05, 0.1) is 30.9 Å². The molecular weight excluding hydrogens is 385 g/mol. The van der Waals surface area contributed by atoms with Gasteiger partial charge in [0.1, 0.15) is 11.6 Å². The number of ether oxygens (including phenoxy) is 1. The summed E-state index contributed by atoms with van der Waals surface area (Å²) < 4.78 is 24.2. The SMILES string of the molecule is COc1ccc(-c2noc(C3Cc4nc[nH]c4CN3Cc3ccc(F)cc3)n2)cc1. The van der Waals surface area contributed by atoms with Crippen LogP contribution in [0.4, 0.5) is 4.39 Å². The van der Waals surface area contributed by atoms with Crippen molar-refractivity contribution in [3.63, 3.8) is 0 Å². The molecule has 1 unspecified atom stereocenters. The molecule has 2 aromatic heterocycles. The van der Waals surface area contributed by atoms with Crippen LogP contribution in [0.25, 0.3) is 11.4 Å². The van der Waals surface area contributed by atoms with Crippen LogP contribution in [0.15, 0.2) is 59.4 Å². The van der Waals surface area contributed by atoms with Gasteiger partial charge < -0.3 is 14.2 Å². The lowest BCUT2D eigenvalue weighted by Crippen LogP contribution is -2.34. The molecule has 0 saturated carbocycles. The number of methoxy groups -OCH3 is 1. The van der Waals surface area contributed by atoms with Gasteiger partial charge in [0.2, 0.25) is 11.7 Å². The van der Waals surface area contributed by atoms with E-state index in [0.29, 0.717) is 31.2 Å². The van der Waals surface area contributed by atoms with Gasteiger partial charge in [0, 0.05) is 25.1 Å². The Hall–Kier alpha value is -3.52. The van der Waals surface area contributed by atoms with E-state index >= 15 is 0 Å². The highest BCUT2D eigenvalue weighted by molar-refractivity contribution is 5.55. The number of rotatable bonds is 5. The fraction of sp³-hybridized carbons (Fsp3) is 0.227. The first-order valence-corrected chi connectivity index (χ1v) is 9.67. The van der Waals surface area contributed by atoms with Crippen LogP contribution in [-0.2, 0) is 19.5 Å². The number of H-pyrrole nitrogens is 1. The summed E-state index contributed by atoms with van der Waals surface area (Å²) in [6.45, 7) is 1.29. The Labute approximate surface area is 172 Å². The predicted octanol–water partition coefficient (Wildman–Crippen LogP) is 3.91. The summed E-state index contributed by atoms with van der Waals surface area (Å²) in [5.74, 6) is 1.59. The molecule has 0 amide bonds. The van der Waals surface area contributed by atoms with Crippen molar-refractivity contribution in [2.24, 2.45) is 0 Å². The zero-order chi connectivity index (χ0) is 20.5. The zero-order valence-electron chi connectivity index (χ0n) is 16.4. The Morgan fingerprint density at radius 2 is 1.97 bits per heavy atom. The summed E-state index contributed by atoms with van der Waals surface area (Å²) in [6, 6.07) is 14.0. The van der Waals surface area contributed by atoms with E-state index < -0.39 is 0 Å². The molecule has 3 heterocycles. The number of hydrogen-bond donors (Lipinski definition) is 1. The molecule has 152 valence electrons. The molecule has 1 atom stereocenters. The van der Waals surface area contributed by atoms with E-state index in [2.05, 4.69) is 25.0 Å². The Bertz CT molecular complexity index is 1140. The van der Waals surface area contributed by atoms with Crippen molar-refractivity contribution in [3.05, 3.63) is 83.5 Å². The van der Waals surface area contributed by atoms with Gasteiger partial charge in [-0.25, -0.2) is 9.37 Å². The average molecular weight is 405 g/mol. The first kappa shape index (κ1) is 18.5. The van der Waals surface area contributed by atoms with Gasteiger partial charge in [-0.1, -0.05) is 17.3 Å². The topological polar surface area (TPSA) is 80.1 Å². The van der Waals surface area contributed by atoms with E-state index in [0.717, 1.165) is 28.3 Å². The maximum Gasteiger partial charge on any atom is 0.244 e. The largest absolute Gasteiger partial charge is 0.497 e. The van der Waals surface area contributed by atoms with Crippen LogP contribution in [0.2, 0.25) is 0 Å². The van der Waals surface area contributed by atoms with E-state index in [1.54, 1.807) is 25.6 Å². The number of halogens is 1. The number of benzene rings is 2. The molecule has 5 rings (SSSR count). The molecule has 0 fully saturated rings. The van der Waals surface area contributed by atoms with Crippen molar-refractivity contribution in [1.82, 2.24) is 25.0 Å². The van der Waals surface area contributed by atoms with Crippen LogP contribution in [-0.4, -0.2) is 32.1 Å². The van der Waals surface area contributed by atoms with Crippen LogP contribution >= 0.6 is 0 Å². The average Bonchev–Trinajstić information content (AvgIpc) is 3.44. The van der Waals surface area contributed by atoms with Crippen molar-refractivity contribution in [1.29, 1.82) is 0 Å². The number of aromatic amines is 1. The predicted molar refractivity (Wildman–Crippen MR) is 107 cm³/mol. The molecule has 0 spiro atoms. The fourth-order valence-corrected chi connectivity index (χ4v) is 3.75. The first-order chi connectivity index (χ1) is 14.7. The molecule has 0 saturated heterocycles. The fourth-order valence-electron chi connectivity index (χ4n) is 3.75. The minimum absolute atomic E-state index is 0.120. The number of hydrogen-bond acceptors (Lipinski definition) is 6. The van der Waals surface area contributed by atoms with Gasteiger partial charge >= 0.3 is 0 Å². The Kier molecular flexibility index (Phi) is 4.76. The number of fused-ring (bicyclic) bond motifs is 1. The van der Waals surface area contributed by atoms with Crippen molar-refractivity contribution in [2.45, 2.75) is 25.6 Å². The Morgan fingerprint density at radius 1 is 1.17 bits per heavy atom. The van der Waals surface area contributed by atoms with Crippen molar-refractivity contribution >= 4 is 0 Å². The third-order valence-corrected chi connectivity index (χ3v) is 5.37. The Morgan fingerprint density at radius 3 is 2.73 bits per heavy atom. The summed E-state index contributed by atoms with van der Waals surface area (Å²) in [4.78, 5) is 14.5. The number of imidazole rings is 1. The monoisotopic (exact) mass is 405 g/mol. The van der Waals surface area contributed by atoms with Gasteiger partial charge in [0.15, 0.2) is 0 Å². The summed E-state index contributed by atoms with van der Waals surface area (Å²) in [5, 5.41) is 4.18. The normalized spacial score (nSPS) is 16.4. The lowest BCUT2D eigenvalue weighted by atomic mass is 10.0. The number of nitrogens with one attached hydrogen (secondary N) is 1. The van der Waals surface area contributed by atoms with Gasteiger partial charge in [-0.3, -0.25) is 4.90 Å². The second-order valence-corrected chi connectivity index (χ2v) is 7.26. The maximum absolute atomic E-state index is 13.3. The highest BCUT2D eigenvalue weighted by Crippen LogP contribution is 2.33. The summed E-state index contributed by atoms with van der Waals surface area (Å²) in [7, 11) is 1.63. The van der Waals surface area contributed by atoms with Crippen molar-refractivity contribution in [2.75, 3.05) is 7.11 Å². The third-order valence-electron chi connectivity index (χ3n) is 5.37. The molecule has 1 aliphatic rings. The third kappa shape index (κ3) is 3.57. The molecule has 1 N–H and O–H groups in total. The van der Waals surface area contributed by atoms with Gasteiger partial charge in [-0.15, -0.1) is 0 Å². The summed E-state index contributed by atoms with van der Waals surface area (Å²) in [5.41, 5.74) is 3.94. The molecule has 0 aliphatic carbocycles. The van der Waals surface area contributed by atoms with E-state index in [4.69, 9.17) is 9.26 Å². The second kappa shape index (κ2) is 7.72.